The van der Waals surface area contributed by atoms with Crippen molar-refractivity contribution in [2.75, 3.05) is 0 Å². The number of hydrogen-bond acceptors (Lipinski definition) is 4. The van der Waals surface area contributed by atoms with Crippen molar-refractivity contribution < 1.29 is 4.79 Å². The monoisotopic (exact) mass is 475 g/mol. The van der Waals surface area contributed by atoms with E-state index in [9.17, 15) is 4.79 Å². The maximum absolute atomic E-state index is 13.0. The average Bonchev–Trinajstić information content (AvgIpc) is 3.45. The third-order valence-electron chi connectivity index (χ3n) is 4.67. The lowest BCUT2D eigenvalue weighted by Gasteiger charge is -2.10. The minimum absolute atomic E-state index is 0.219. The van der Waals surface area contributed by atoms with Crippen LogP contribution < -0.4 is 5.43 Å². The van der Waals surface area contributed by atoms with E-state index < -0.39 is 0 Å². The second-order valence-corrected chi connectivity index (χ2v) is 9.51. The number of carbonyl (C=O) groups excluding carboxylic acids is 1. The molecule has 0 saturated heterocycles. The topological polar surface area (TPSA) is 54.4 Å². The van der Waals surface area contributed by atoms with Crippen molar-refractivity contribution in [2.24, 2.45) is 5.10 Å². The molecule has 1 fully saturated rings. The highest BCUT2D eigenvalue weighted by molar-refractivity contribution is 9.10. The number of nitrogens with zero attached hydrogens (tertiary/aromatic N) is 2. The van der Waals surface area contributed by atoms with Gasteiger partial charge in [0.05, 0.1) is 26.0 Å². The first-order valence-corrected chi connectivity index (χ1v) is 11.3. The fourth-order valence-corrected chi connectivity index (χ4v) is 4.53. The Kier molecular flexibility index (Phi) is 5.80. The van der Waals surface area contributed by atoms with Crippen molar-refractivity contribution in [3.05, 3.63) is 61.3 Å². The maximum Gasteiger partial charge on any atom is 0.272 e. The summed E-state index contributed by atoms with van der Waals surface area (Å²) in [5.74, 6) is 0.246. The quantitative estimate of drug-likeness (QED) is 0.325. The van der Waals surface area contributed by atoms with Gasteiger partial charge in [0.2, 0.25) is 0 Å². The summed E-state index contributed by atoms with van der Waals surface area (Å²) in [5.41, 5.74) is 6.03. The van der Waals surface area contributed by atoms with Crippen LogP contribution in [0, 0.1) is 0 Å². The van der Waals surface area contributed by atoms with Crippen LogP contribution >= 0.6 is 38.9 Å². The molecule has 1 amide bonds. The Morgan fingerprint density at radius 1 is 1.32 bits per heavy atom. The van der Waals surface area contributed by atoms with E-state index >= 15 is 0 Å². The van der Waals surface area contributed by atoms with Gasteiger partial charge in [-0.15, -0.1) is 11.3 Å². The molecular weight excluding hydrogens is 458 g/mol. The van der Waals surface area contributed by atoms with Crippen LogP contribution in [0.15, 0.2) is 46.0 Å². The van der Waals surface area contributed by atoms with E-state index in [0.717, 1.165) is 57.3 Å². The van der Waals surface area contributed by atoms with Crippen molar-refractivity contribution in [1.29, 1.82) is 0 Å². The molecule has 1 N–H and O–H groups in total. The molecular formula is C21H19BrClN3OS. The molecule has 7 heteroatoms. The number of fused-ring (bicyclic) bond motifs is 1. The Morgan fingerprint density at radius 3 is 2.82 bits per heavy atom. The van der Waals surface area contributed by atoms with Gasteiger partial charge in [-0.3, -0.25) is 9.78 Å². The number of benzene rings is 1. The van der Waals surface area contributed by atoms with Crippen LogP contribution in [0.1, 0.15) is 59.5 Å². The largest absolute Gasteiger partial charge is 0.272 e. The van der Waals surface area contributed by atoms with Crippen molar-refractivity contribution in [1.82, 2.24) is 10.4 Å². The predicted octanol–water partition coefficient (Wildman–Crippen LogP) is 6.52. The molecule has 144 valence electrons. The molecule has 0 spiro atoms. The molecule has 1 aliphatic rings. The standard InChI is InChI=1S/C21H19BrClN3OS/c1-2-3-17(19-8-9-20(23)28-19)25-26-21(27)15-11-18(12-4-5-12)24-16-7-6-13(22)10-14(15)16/h6-12H,2-5H2,1H3,(H,26,27). The van der Waals surface area contributed by atoms with E-state index in [1.165, 1.54) is 11.3 Å². The van der Waals surface area contributed by atoms with Gasteiger partial charge in [-0.1, -0.05) is 40.9 Å². The highest BCUT2D eigenvalue weighted by Gasteiger charge is 2.27. The highest BCUT2D eigenvalue weighted by Crippen LogP contribution is 2.40. The van der Waals surface area contributed by atoms with Gasteiger partial charge < -0.3 is 0 Å². The van der Waals surface area contributed by atoms with Crippen LogP contribution in [0.5, 0.6) is 0 Å². The summed E-state index contributed by atoms with van der Waals surface area (Å²) >= 11 is 11.0. The predicted molar refractivity (Wildman–Crippen MR) is 120 cm³/mol. The maximum atomic E-state index is 13.0. The number of hydrogen-bond donors (Lipinski definition) is 1. The Morgan fingerprint density at radius 2 is 2.14 bits per heavy atom. The van der Waals surface area contributed by atoms with Gasteiger partial charge in [-0.25, -0.2) is 5.43 Å². The molecule has 1 aromatic carbocycles. The van der Waals surface area contributed by atoms with Crippen LogP contribution in [0.4, 0.5) is 0 Å². The molecule has 4 rings (SSSR count). The fourth-order valence-electron chi connectivity index (χ4n) is 3.11. The van der Waals surface area contributed by atoms with Crippen LogP contribution in [0.2, 0.25) is 4.34 Å². The Balaban J connectivity index is 1.68. The molecule has 3 aromatic rings. The molecule has 0 unspecified atom stereocenters. The molecule has 0 radical (unpaired) electrons. The lowest BCUT2D eigenvalue weighted by molar-refractivity contribution is 0.0956. The number of pyridine rings is 1. The van der Waals surface area contributed by atoms with Crippen molar-refractivity contribution >= 4 is 61.4 Å². The lowest BCUT2D eigenvalue weighted by atomic mass is 10.1. The SMILES string of the molecule is CCCC(=NNC(=O)c1cc(C2CC2)nc2ccc(Br)cc12)c1ccc(Cl)s1. The third-order valence-corrected chi connectivity index (χ3v) is 6.44. The number of amides is 1. The molecule has 0 aliphatic heterocycles. The van der Waals surface area contributed by atoms with Gasteiger partial charge in [-0.2, -0.15) is 5.10 Å². The Hall–Kier alpha value is -1.76. The molecule has 1 saturated carbocycles. The molecule has 2 heterocycles. The van der Waals surface area contributed by atoms with E-state index in [2.05, 4.69) is 33.4 Å². The van der Waals surface area contributed by atoms with Crippen molar-refractivity contribution in [3.63, 3.8) is 0 Å². The first-order valence-electron chi connectivity index (χ1n) is 9.28. The zero-order valence-corrected chi connectivity index (χ0v) is 18.5. The van der Waals surface area contributed by atoms with Crippen molar-refractivity contribution in [3.8, 4) is 0 Å². The summed E-state index contributed by atoms with van der Waals surface area (Å²) in [6.45, 7) is 2.09. The van der Waals surface area contributed by atoms with Gasteiger partial charge in [-0.05, 0) is 55.7 Å². The number of carbonyl (C=O) groups is 1. The van der Waals surface area contributed by atoms with Crippen LogP contribution in [0.25, 0.3) is 10.9 Å². The second kappa shape index (κ2) is 8.31. The number of aromatic nitrogens is 1. The number of thiophene rings is 1. The Bertz CT molecular complexity index is 1070. The summed E-state index contributed by atoms with van der Waals surface area (Å²) in [6, 6.07) is 11.5. The lowest BCUT2D eigenvalue weighted by Crippen LogP contribution is -2.20. The van der Waals surface area contributed by atoms with E-state index in [-0.39, 0.29) is 5.91 Å². The average molecular weight is 477 g/mol. The normalized spacial score (nSPS) is 14.5. The number of hydrazone groups is 1. The van der Waals surface area contributed by atoms with Gasteiger partial charge in [0.15, 0.2) is 0 Å². The summed E-state index contributed by atoms with van der Waals surface area (Å²) in [5, 5.41) is 5.25. The smallest absolute Gasteiger partial charge is 0.267 e. The van der Waals surface area contributed by atoms with E-state index in [4.69, 9.17) is 16.6 Å². The second-order valence-electron chi connectivity index (χ2n) is 6.88. The highest BCUT2D eigenvalue weighted by atomic mass is 79.9. The molecule has 0 bridgehead atoms. The Labute approximate surface area is 181 Å². The third kappa shape index (κ3) is 4.29. The molecule has 0 atom stereocenters. The molecule has 28 heavy (non-hydrogen) atoms. The summed E-state index contributed by atoms with van der Waals surface area (Å²) in [7, 11) is 0. The van der Waals surface area contributed by atoms with Crippen LogP contribution in [-0.4, -0.2) is 16.6 Å². The van der Waals surface area contributed by atoms with Crippen molar-refractivity contribution in [2.45, 2.75) is 38.5 Å². The first kappa shape index (κ1) is 19.6. The van der Waals surface area contributed by atoms with Gasteiger partial charge in [0.25, 0.3) is 5.91 Å². The zero-order chi connectivity index (χ0) is 19.7. The van der Waals surface area contributed by atoms with E-state index in [1.54, 1.807) is 0 Å². The number of rotatable bonds is 6. The van der Waals surface area contributed by atoms with Gasteiger partial charge >= 0.3 is 0 Å². The summed E-state index contributed by atoms with van der Waals surface area (Å²) in [4.78, 5) is 18.8. The fraction of sp³-hybridized carbons (Fsp3) is 0.286. The minimum atomic E-state index is -0.219. The van der Waals surface area contributed by atoms with Gasteiger partial charge in [0.1, 0.15) is 0 Å². The minimum Gasteiger partial charge on any atom is -0.267 e. The zero-order valence-electron chi connectivity index (χ0n) is 15.3. The summed E-state index contributed by atoms with van der Waals surface area (Å²) in [6.07, 6.45) is 3.97. The van der Waals surface area contributed by atoms with E-state index in [0.29, 0.717) is 15.8 Å². The van der Waals surface area contributed by atoms with Crippen LogP contribution in [0.3, 0.4) is 0 Å². The molecule has 1 aliphatic carbocycles. The summed E-state index contributed by atoms with van der Waals surface area (Å²) < 4.78 is 1.63. The first-order chi connectivity index (χ1) is 13.5. The number of halogens is 2. The number of nitrogens with one attached hydrogen (secondary N) is 1. The van der Waals surface area contributed by atoms with E-state index in [1.807, 2.05) is 36.4 Å². The molecule has 2 aromatic heterocycles. The molecule has 4 nitrogen and oxygen atoms in total. The van der Waals surface area contributed by atoms with Gasteiger partial charge in [0, 0.05) is 21.5 Å². The van der Waals surface area contributed by atoms with Crippen LogP contribution in [-0.2, 0) is 0 Å².